The Hall–Kier alpha value is -2.77. The van der Waals surface area contributed by atoms with Gasteiger partial charge in [0, 0.05) is 27.5 Å². The molecule has 6 nitrogen and oxygen atoms in total. The van der Waals surface area contributed by atoms with Crippen molar-refractivity contribution in [3.63, 3.8) is 0 Å². The van der Waals surface area contributed by atoms with Crippen LogP contribution in [0.15, 0.2) is 58.3 Å². The number of thioether (sulfide) groups is 1. The van der Waals surface area contributed by atoms with Gasteiger partial charge in [-0.25, -0.2) is 4.98 Å². The third kappa shape index (κ3) is 4.31. The molecule has 0 aliphatic carbocycles. The SMILES string of the molecule is Cc1cc(C(=O)CSc2n[nH]c(-c3ccc(Cl)cc3)n2)c(C)n1Cc1ccco1. The zero-order valence-electron chi connectivity index (χ0n) is 16.0. The molecule has 0 fully saturated rings. The van der Waals surface area contributed by atoms with Gasteiger partial charge < -0.3 is 8.98 Å². The molecule has 0 amide bonds. The van der Waals surface area contributed by atoms with Gasteiger partial charge in [0.25, 0.3) is 0 Å². The van der Waals surface area contributed by atoms with Crippen molar-refractivity contribution < 1.29 is 9.21 Å². The van der Waals surface area contributed by atoms with E-state index in [0.29, 0.717) is 22.5 Å². The number of rotatable bonds is 7. The van der Waals surface area contributed by atoms with E-state index in [1.807, 2.05) is 44.2 Å². The fourth-order valence-electron chi connectivity index (χ4n) is 3.14. The Labute approximate surface area is 177 Å². The van der Waals surface area contributed by atoms with Gasteiger partial charge in [-0.05, 0) is 56.3 Å². The summed E-state index contributed by atoms with van der Waals surface area (Å²) in [5.41, 5.74) is 3.56. The van der Waals surface area contributed by atoms with E-state index in [0.717, 1.165) is 28.3 Å². The average Bonchev–Trinajstić information content (AvgIpc) is 3.45. The van der Waals surface area contributed by atoms with Crippen molar-refractivity contribution in [3.05, 3.63) is 76.5 Å². The Balaban J connectivity index is 1.43. The topological polar surface area (TPSA) is 76.7 Å². The molecular formula is C21H19ClN4O2S. The summed E-state index contributed by atoms with van der Waals surface area (Å²) in [4.78, 5) is 17.2. The van der Waals surface area contributed by atoms with Crippen molar-refractivity contribution in [3.8, 4) is 11.4 Å². The molecule has 0 saturated carbocycles. The molecule has 3 heterocycles. The summed E-state index contributed by atoms with van der Waals surface area (Å²) < 4.78 is 7.52. The Morgan fingerprint density at radius 1 is 1.24 bits per heavy atom. The Bertz CT molecular complexity index is 1130. The Morgan fingerprint density at radius 3 is 2.76 bits per heavy atom. The monoisotopic (exact) mass is 426 g/mol. The number of halogens is 1. The number of H-pyrrole nitrogens is 1. The maximum atomic E-state index is 12.8. The van der Waals surface area contributed by atoms with Crippen LogP contribution in [0.1, 0.15) is 27.5 Å². The number of carbonyl (C=O) groups is 1. The van der Waals surface area contributed by atoms with Gasteiger partial charge in [0.05, 0.1) is 18.6 Å². The summed E-state index contributed by atoms with van der Waals surface area (Å²) in [6, 6.07) is 13.1. The summed E-state index contributed by atoms with van der Waals surface area (Å²) >= 11 is 7.23. The van der Waals surface area contributed by atoms with E-state index in [4.69, 9.17) is 16.0 Å². The van der Waals surface area contributed by atoms with Crippen LogP contribution in [0.3, 0.4) is 0 Å². The molecule has 0 unspecified atom stereocenters. The lowest BCUT2D eigenvalue weighted by molar-refractivity contribution is 0.102. The van der Waals surface area contributed by atoms with Crippen LogP contribution in [-0.4, -0.2) is 31.3 Å². The van der Waals surface area contributed by atoms with Crippen LogP contribution < -0.4 is 0 Å². The molecule has 1 N–H and O–H groups in total. The second kappa shape index (κ2) is 8.31. The lowest BCUT2D eigenvalue weighted by Gasteiger charge is -2.07. The van der Waals surface area contributed by atoms with E-state index in [-0.39, 0.29) is 11.5 Å². The van der Waals surface area contributed by atoms with Gasteiger partial charge >= 0.3 is 0 Å². The van der Waals surface area contributed by atoms with E-state index in [2.05, 4.69) is 19.7 Å². The third-order valence-electron chi connectivity index (χ3n) is 4.68. The predicted octanol–water partition coefficient (Wildman–Crippen LogP) is 5.16. The number of benzene rings is 1. The lowest BCUT2D eigenvalue weighted by atomic mass is 10.2. The molecule has 29 heavy (non-hydrogen) atoms. The number of aryl methyl sites for hydroxylation is 1. The minimum absolute atomic E-state index is 0.0478. The first-order valence-electron chi connectivity index (χ1n) is 9.04. The van der Waals surface area contributed by atoms with Crippen molar-refractivity contribution >= 4 is 29.1 Å². The molecule has 0 saturated heterocycles. The minimum Gasteiger partial charge on any atom is -0.467 e. The van der Waals surface area contributed by atoms with Crippen molar-refractivity contribution in [1.82, 2.24) is 19.7 Å². The van der Waals surface area contributed by atoms with E-state index < -0.39 is 0 Å². The number of hydrogen-bond donors (Lipinski definition) is 1. The van der Waals surface area contributed by atoms with Gasteiger partial charge in [-0.1, -0.05) is 23.4 Å². The normalized spacial score (nSPS) is 11.1. The molecule has 1 aromatic carbocycles. The van der Waals surface area contributed by atoms with Crippen LogP contribution >= 0.6 is 23.4 Å². The molecule has 0 spiro atoms. The molecule has 148 valence electrons. The number of nitrogens with zero attached hydrogens (tertiary/aromatic N) is 3. The van der Waals surface area contributed by atoms with Gasteiger partial charge in [-0.15, -0.1) is 5.10 Å². The smallest absolute Gasteiger partial charge is 0.209 e. The lowest BCUT2D eigenvalue weighted by Crippen LogP contribution is -2.07. The van der Waals surface area contributed by atoms with Crippen LogP contribution in [-0.2, 0) is 6.54 Å². The second-order valence-electron chi connectivity index (χ2n) is 6.64. The Morgan fingerprint density at radius 2 is 2.03 bits per heavy atom. The first-order chi connectivity index (χ1) is 14.0. The van der Waals surface area contributed by atoms with Gasteiger partial charge in [0.2, 0.25) is 5.16 Å². The zero-order valence-corrected chi connectivity index (χ0v) is 17.5. The van der Waals surface area contributed by atoms with Gasteiger partial charge in [0.1, 0.15) is 5.76 Å². The molecule has 3 aromatic heterocycles. The quantitative estimate of drug-likeness (QED) is 0.326. The number of hydrogen-bond acceptors (Lipinski definition) is 5. The fourth-order valence-corrected chi connectivity index (χ4v) is 3.95. The maximum Gasteiger partial charge on any atom is 0.209 e. The molecule has 0 bridgehead atoms. The van der Waals surface area contributed by atoms with E-state index in [1.165, 1.54) is 11.8 Å². The van der Waals surface area contributed by atoms with E-state index in [1.54, 1.807) is 18.4 Å². The molecule has 0 radical (unpaired) electrons. The third-order valence-corrected chi connectivity index (χ3v) is 5.78. The number of aromatic amines is 1. The molecule has 0 aliphatic heterocycles. The number of aromatic nitrogens is 4. The Kier molecular flexibility index (Phi) is 5.60. The maximum absolute atomic E-state index is 12.8. The number of ketones is 1. The number of carbonyl (C=O) groups excluding carboxylic acids is 1. The molecule has 4 rings (SSSR count). The fraction of sp³-hybridized carbons (Fsp3) is 0.190. The summed E-state index contributed by atoms with van der Waals surface area (Å²) in [5, 5.41) is 8.30. The standard InChI is InChI=1S/C21H19ClN4O2S/c1-13-10-18(14(2)26(13)11-17-4-3-9-28-17)19(27)12-29-21-23-20(24-25-21)15-5-7-16(22)8-6-15/h3-10H,11-12H2,1-2H3,(H,23,24,25). The zero-order chi connectivity index (χ0) is 20.4. The van der Waals surface area contributed by atoms with Gasteiger partial charge in [0.15, 0.2) is 11.6 Å². The van der Waals surface area contributed by atoms with Crippen LogP contribution in [0.2, 0.25) is 5.02 Å². The van der Waals surface area contributed by atoms with E-state index >= 15 is 0 Å². The van der Waals surface area contributed by atoms with Crippen molar-refractivity contribution in [2.24, 2.45) is 0 Å². The largest absolute Gasteiger partial charge is 0.467 e. The summed E-state index contributed by atoms with van der Waals surface area (Å²) in [6.45, 7) is 4.56. The van der Waals surface area contributed by atoms with Crippen LogP contribution in [0.4, 0.5) is 0 Å². The highest BCUT2D eigenvalue weighted by Gasteiger charge is 2.17. The summed E-state index contributed by atoms with van der Waals surface area (Å²) in [6.07, 6.45) is 1.65. The van der Waals surface area contributed by atoms with Crippen molar-refractivity contribution in [2.75, 3.05) is 5.75 Å². The van der Waals surface area contributed by atoms with Crippen molar-refractivity contribution in [1.29, 1.82) is 0 Å². The van der Waals surface area contributed by atoms with Crippen LogP contribution in [0.5, 0.6) is 0 Å². The van der Waals surface area contributed by atoms with Gasteiger partial charge in [-0.2, -0.15) is 0 Å². The minimum atomic E-state index is 0.0478. The summed E-state index contributed by atoms with van der Waals surface area (Å²) in [7, 11) is 0. The molecular weight excluding hydrogens is 408 g/mol. The highest BCUT2D eigenvalue weighted by molar-refractivity contribution is 7.99. The number of furan rings is 1. The molecule has 0 aliphatic rings. The first-order valence-corrected chi connectivity index (χ1v) is 10.4. The highest BCUT2D eigenvalue weighted by atomic mass is 35.5. The predicted molar refractivity (Wildman–Crippen MR) is 114 cm³/mol. The second-order valence-corrected chi connectivity index (χ2v) is 8.01. The van der Waals surface area contributed by atoms with Crippen molar-refractivity contribution in [2.45, 2.75) is 25.5 Å². The molecule has 4 aromatic rings. The molecule has 8 heteroatoms. The molecule has 0 atom stereocenters. The number of Topliss-reactive ketones (excluding diaryl/α,β-unsaturated/α-hetero) is 1. The van der Waals surface area contributed by atoms with Crippen LogP contribution in [0.25, 0.3) is 11.4 Å². The van der Waals surface area contributed by atoms with Gasteiger partial charge in [-0.3, -0.25) is 9.89 Å². The van der Waals surface area contributed by atoms with E-state index in [9.17, 15) is 4.79 Å². The van der Waals surface area contributed by atoms with Crippen LogP contribution in [0, 0.1) is 13.8 Å². The first kappa shape index (κ1) is 19.5. The summed E-state index contributed by atoms with van der Waals surface area (Å²) in [5.74, 6) is 1.82. The average molecular weight is 427 g/mol. The highest BCUT2D eigenvalue weighted by Crippen LogP contribution is 2.23. The number of nitrogens with one attached hydrogen (secondary N) is 1.